The number of nitrogens with zero attached hydrogens (tertiary/aromatic N) is 1. The van der Waals surface area contributed by atoms with Crippen molar-refractivity contribution in [2.75, 3.05) is 13.1 Å². The first-order chi connectivity index (χ1) is 7.74. The molecule has 2 N–H and O–H groups in total. The maximum atomic E-state index is 9.41. The summed E-state index contributed by atoms with van der Waals surface area (Å²) in [6.07, 6.45) is 7.34. The van der Waals surface area contributed by atoms with Gasteiger partial charge in [0.2, 0.25) is 0 Å². The Hall–Kier alpha value is -0.590. The molecule has 0 radical (unpaired) electrons. The molecule has 3 heteroatoms. The molecule has 2 aliphatic rings. The highest BCUT2D eigenvalue weighted by molar-refractivity contribution is 5.00. The first-order valence-electron chi connectivity index (χ1n) is 6.50. The number of hydrogen-bond acceptors (Lipinski definition) is 3. The Balaban J connectivity index is 1.60. The van der Waals surface area contributed by atoms with Crippen molar-refractivity contribution in [1.29, 1.82) is 5.26 Å². The SMILES string of the molecule is N#CCC1(CNCC2CCC(O)CC2)CC1. The third-order valence-corrected chi connectivity index (χ3v) is 4.16. The average molecular weight is 222 g/mol. The van der Waals surface area contributed by atoms with Gasteiger partial charge in [0.25, 0.3) is 0 Å². The van der Waals surface area contributed by atoms with Crippen LogP contribution >= 0.6 is 0 Å². The maximum absolute atomic E-state index is 9.41. The minimum absolute atomic E-state index is 0.0513. The smallest absolute Gasteiger partial charge is 0.0628 e. The monoisotopic (exact) mass is 222 g/mol. The summed E-state index contributed by atoms with van der Waals surface area (Å²) in [6.45, 7) is 2.08. The van der Waals surface area contributed by atoms with Crippen LogP contribution in [0.5, 0.6) is 0 Å². The van der Waals surface area contributed by atoms with Crippen molar-refractivity contribution in [3.63, 3.8) is 0 Å². The zero-order chi connectivity index (χ0) is 11.4. The quantitative estimate of drug-likeness (QED) is 0.746. The molecule has 0 saturated heterocycles. The van der Waals surface area contributed by atoms with Gasteiger partial charge < -0.3 is 10.4 Å². The molecule has 3 nitrogen and oxygen atoms in total. The number of nitrogens with one attached hydrogen (secondary N) is 1. The number of aliphatic hydroxyl groups is 1. The topological polar surface area (TPSA) is 56.0 Å². The molecule has 16 heavy (non-hydrogen) atoms. The first kappa shape index (κ1) is 11.9. The van der Waals surface area contributed by atoms with Crippen molar-refractivity contribution >= 4 is 0 Å². The van der Waals surface area contributed by atoms with Crippen molar-refractivity contribution in [2.24, 2.45) is 11.3 Å². The van der Waals surface area contributed by atoms with Gasteiger partial charge in [-0.1, -0.05) is 0 Å². The van der Waals surface area contributed by atoms with Crippen LogP contribution in [0.2, 0.25) is 0 Å². The predicted octanol–water partition coefficient (Wildman–Crippen LogP) is 1.82. The van der Waals surface area contributed by atoms with Crippen molar-refractivity contribution in [3.8, 4) is 6.07 Å². The van der Waals surface area contributed by atoms with Crippen molar-refractivity contribution in [3.05, 3.63) is 0 Å². The number of nitriles is 1. The average Bonchev–Trinajstić information content (AvgIpc) is 3.02. The van der Waals surface area contributed by atoms with Gasteiger partial charge in [-0.3, -0.25) is 0 Å². The maximum Gasteiger partial charge on any atom is 0.0628 e. The van der Waals surface area contributed by atoms with Gasteiger partial charge in [-0.2, -0.15) is 5.26 Å². The normalized spacial score (nSPS) is 32.0. The molecule has 0 amide bonds. The minimum atomic E-state index is -0.0513. The van der Waals surface area contributed by atoms with Crippen LogP contribution in [0.1, 0.15) is 44.9 Å². The molecule has 0 aromatic carbocycles. The summed E-state index contributed by atoms with van der Waals surface area (Å²) in [6, 6.07) is 2.29. The summed E-state index contributed by atoms with van der Waals surface area (Å²) >= 11 is 0. The van der Waals surface area contributed by atoms with Crippen molar-refractivity contribution in [1.82, 2.24) is 5.32 Å². The molecule has 2 fully saturated rings. The lowest BCUT2D eigenvalue weighted by Crippen LogP contribution is -2.31. The summed E-state index contributed by atoms with van der Waals surface area (Å²) in [5.41, 5.74) is 0.322. The van der Waals surface area contributed by atoms with Crippen LogP contribution in [0.4, 0.5) is 0 Å². The summed E-state index contributed by atoms with van der Waals surface area (Å²) in [5.74, 6) is 0.737. The van der Waals surface area contributed by atoms with Gasteiger partial charge in [-0.15, -0.1) is 0 Å². The van der Waals surface area contributed by atoms with E-state index in [1.807, 2.05) is 0 Å². The van der Waals surface area contributed by atoms with E-state index in [0.29, 0.717) is 11.8 Å². The molecular weight excluding hydrogens is 200 g/mol. The molecule has 2 rings (SSSR count). The van der Waals surface area contributed by atoms with E-state index in [-0.39, 0.29) is 6.10 Å². The van der Waals surface area contributed by atoms with E-state index in [9.17, 15) is 5.11 Å². The Bertz CT molecular complexity index is 260. The van der Waals surface area contributed by atoms with Crippen LogP contribution in [0.3, 0.4) is 0 Å². The molecular formula is C13H22N2O. The van der Waals surface area contributed by atoms with E-state index >= 15 is 0 Å². The van der Waals surface area contributed by atoms with Gasteiger partial charge in [0.05, 0.1) is 12.2 Å². The highest BCUT2D eigenvalue weighted by Crippen LogP contribution is 2.47. The number of hydrogen-bond donors (Lipinski definition) is 2. The molecule has 0 aromatic rings. The standard InChI is InChI=1S/C13H22N2O/c14-8-7-13(5-6-13)10-15-9-11-1-3-12(16)4-2-11/h11-12,15-16H,1-7,9-10H2. The fraction of sp³-hybridized carbons (Fsp3) is 0.923. The Morgan fingerprint density at radius 3 is 2.50 bits per heavy atom. The largest absolute Gasteiger partial charge is 0.393 e. The Labute approximate surface area is 97.8 Å². The molecule has 0 unspecified atom stereocenters. The number of aliphatic hydroxyl groups excluding tert-OH is 1. The Kier molecular flexibility index (Phi) is 3.83. The van der Waals surface area contributed by atoms with E-state index in [4.69, 9.17) is 5.26 Å². The van der Waals surface area contributed by atoms with Crippen LogP contribution in [-0.4, -0.2) is 24.3 Å². The van der Waals surface area contributed by atoms with Gasteiger partial charge in [0.1, 0.15) is 0 Å². The lowest BCUT2D eigenvalue weighted by atomic mass is 9.87. The van der Waals surface area contributed by atoms with E-state index in [1.54, 1.807) is 0 Å². The third-order valence-electron chi connectivity index (χ3n) is 4.16. The fourth-order valence-electron chi connectivity index (χ4n) is 2.65. The zero-order valence-electron chi connectivity index (χ0n) is 9.91. The lowest BCUT2D eigenvalue weighted by Gasteiger charge is -2.26. The summed E-state index contributed by atoms with van der Waals surface area (Å²) in [5, 5.41) is 21.6. The van der Waals surface area contributed by atoms with Crippen LogP contribution in [0, 0.1) is 22.7 Å². The van der Waals surface area contributed by atoms with Gasteiger partial charge in [-0.05, 0) is 56.4 Å². The number of rotatable bonds is 5. The highest BCUT2D eigenvalue weighted by atomic mass is 16.3. The van der Waals surface area contributed by atoms with E-state index in [1.165, 1.54) is 12.8 Å². The van der Waals surface area contributed by atoms with Gasteiger partial charge in [0, 0.05) is 13.0 Å². The van der Waals surface area contributed by atoms with Crippen molar-refractivity contribution < 1.29 is 5.11 Å². The molecule has 0 aromatic heterocycles. The van der Waals surface area contributed by atoms with E-state index in [0.717, 1.165) is 44.7 Å². The first-order valence-corrected chi connectivity index (χ1v) is 6.50. The van der Waals surface area contributed by atoms with Gasteiger partial charge in [0.15, 0.2) is 0 Å². The fourth-order valence-corrected chi connectivity index (χ4v) is 2.65. The van der Waals surface area contributed by atoms with E-state index < -0.39 is 0 Å². The second kappa shape index (κ2) is 5.16. The van der Waals surface area contributed by atoms with Crippen LogP contribution in [0.15, 0.2) is 0 Å². The second-order valence-electron chi connectivity index (χ2n) is 5.64. The molecule has 90 valence electrons. The molecule has 0 heterocycles. The molecule has 2 aliphatic carbocycles. The second-order valence-corrected chi connectivity index (χ2v) is 5.64. The molecule has 0 spiro atoms. The minimum Gasteiger partial charge on any atom is -0.393 e. The highest BCUT2D eigenvalue weighted by Gasteiger charge is 2.41. The van der Waals surface area contributed by atoms with Gasteiger partial charge in [-0.25, -0.2) is 0 Å². The third kappa shape index (κ3) is 3.20. The van der Waals surface area contributed by atoms with Crippen LogP contribution in [0.25, 0.3) is 0 Å². The lowest BCUT2D eigenvalue weighted by molar-refractivity contribution is 0.108. The van der Waals surface area contributed by atoms with Crippen molar-refractivity contribution in [2.45, 2.75) is 51.0 Å². The molecule has 0 aliphatic heterocycles. The summed E-state index contributed by atoms with van der Waals surface area (Å²) < 4.78 is 0. The Morgan fingerprint density at radius 1 is 1.25 bits per heavy atom. The van der Waals surface area contributed by atoms with E-state index in [2.05, 4.69) is 11.4 Å². The van der Waals surface area contributed by atoms with Gasteiger partial charge >= 0.3 is 0 Å². The summed E-state index contributed by atoms with van der Waals surface area (Å²) in [4.78, 5) is 0. The summed E-state index contributed by atoms with van der Waals surface area (Å²) in [7, 11) is 0. The van der Waals surface area contributed by atoms with Crippen LogP contribution in [-0.2, 0) is 0 Å². The molecule has 2 saturated carbocycles. The zero-order valence-corrected chi connectivity index (χ0v) is 9.91. The molecule has 0 bridgehead atoms. The predicted molar refractivity (Wildman–Crippen MR) is 62.7 cm³/mol. The molecule has 0 atom stereocenters. The Morgan fingerprint density at radius 2 is 1.94 bits per heavy atom. The van der Waals surface area contributed by atoms with Crippen LogP contribution < -0.4 is 5.32 Å².